The highest BCUT2D eigenvalue weighted by Crippen LogP contribution is 2.25. The van der Waals surface area contributed by atoms with E-state index >= 15 is 0 Å². The number of nitrogens with zero attached hydrogens (tertiary/aromatic N) is 2. The van der Waals surface area contributed by atoms with E-state index in [2.05, 4.69) is 17.1 Å². The van der Waals surface area contributed by atoms with Crippen LogP contribution in [0, 0.1) is 5.92 Å². The average Bonchev–Trinajstić information content (AvgIpc) is 2.62. The van der Waals surface area contributed by atoms with Crippen molar-refractivity contribution in [1.82, 2.24) is 4.31 Å². The molecule has 2 heterocycles. The van der Waals surface area contributed by atoms with Crippen LogP contribution in [0.5, 0.6) is 0 Å². The Morgan fingerprint density at radius 2 is 1.69 bits per heavy atom. The molecular formula is C19H29N3O3S. The van der Waals surface area contributed by atoms with E-state index in [1.807, 2.05) is 24.3 Å². The minimum atomic E-state index is -3.37. The third kappa shape index (κ3) is 4.57. The fraction of sp³-hybridized carbons (Fsp3) is 0.632. The first kappa shape index (κ1) is 19.2. The Bertz CT molecular complexity index is 725. The standard InChI is InChI=1S/C19H29N3O3S/c1-15-10-13-21(14-11-15)17-8-6-16(7-9-17)20-19(23)18-5-3-4-12-22(18)26(2,24)25/h6-9,15,18H,3-5,10-14H2,1-2H3,(H,20,23). The van der Waals surface area contributed by atoms with E-state index in [1.165, 1.54) is 29.1 Å². The van der Waals surface area contributed by atoms with E-state index in [4.69, 9.17) is 0 Å². The Kier molecular flexibility index (Phi) is 5.87. The van der Waals surface area contributed by atoms with Crippen LogP contribution >= 0.6 is 0 Å². The number of hydrogen-bond donors (Lipinski definition) is 1. The summed E-state index contributed by atoms with van der Waals surface area (Å²) in [6, 6.07) is 7.25. The average molecular weight is 380 g/mol. The SMILES string of the molecule is CC1CCN(c2ccc(NC(=O)C3CCCCN3S(C)(=O)=O)cc2)CC1. The van der Waals surface area contributed by atoms with Crippen molar-refractivity contribution in [1.29, 1.82) is 0 Å². The molecule has 0 aliphatic carbocycles. The van der Waals surface area contributed by atoms with Gasteiger partial charge in [0.1, 0.15) is 6.04 Å². The molecule has 2 aliphatic rings. The third-order valence-electron chi connectivity index (χ3n) is 5.47. The maximum Gasteiger partial charge on any atom is 0.242 e. The molecule has 2 fully saturated rings. The second-order valence-electron chi connectivity index (χ2n) is 7.59. The molecule has 26 heavy (non-hydrogen) atoms. The molecular weight excluding hydrogens is 350 g/mol. The number of anilines is 2. The van der Waals surface area contributed by atoms with Gasteiger partial charge in [0, 0.05) is 31.0 Å². The monoisotopic (exact) mass is 379 g/mol. The van der Waals surface area contributed by atoms with Crippen molar-refractivity contribution >= 4 is 27.3 Å². The molecule has 0 bridgehead atoms. The van der Waals surface area contributed by atoms with Gasteiger partial charge in [0.05, 0.1) is 6.26 Å². The predicted molar refractivity (Wildman–Crippen MR) is 105 cm³/mol. The van der Waals surface area contributed by atoms with Crippen LogP contribution in [0.15, 0.2) is 24.3 Å². The molecule has 2 saturated heterocycles. The Labute approximate surface area is 156 Å². The largest absolute Gasteiger partial charge is 0.372 e. The highest BCUT2D eigenvalue weighted by Gasteiger charge is 2.34. The van der Waals surface area contributed by atoms with E-state index in [1.54, 1.807) is 0 Å². The Morgan fingerprint density at radius 3 is 2.31 bits per heavy atom. The zero-order valence-corrected chi connectivity index (χ0v) is 16.5. The summed E-state index contributed by atoms with van der Waals surface area (Å²) in [5, 5.41) is 2.89. The topological polar surface area (TPSA) is 69.7 Å². The molecule has 0 aromatic heterocycles. The number of rotatable bonds is 4. The summed E-state index contributed by atoms with van der Waals surface area (Å²) in [5.74, 6) is 0.549. The third-order valence-corrected chi connectivity index (χ3v) is 6.75. The normalized spacial score (nSPS) is 23.0. The minimum Gasteiger partial charge on any atom is -0.372 e. The molecule has 3 rings (SSSR count). The molecule has 1 aromatic rings. The van der Waals surface area contributed by atoms with Gasteiger partial charge in [0.15, 0.2) is 0 Å². The van der Waals surface area contributed by atoms with E-state index in [9.17, 15) is 13.2 Å². The van der Waals surface area contributed by atoms with Gasteiger partial charge < -0.3 is 10.2 Å². The predicted octanol–water partition coefficient (Wildman–Crippen LogP) is 2.68. The van der Waals surface area contributed by atoms with Crippen molar-refractivity contribution in [2.24, 2.45) is 5.92 Å². The van der Waals surface area contributed by atoms with Gasteiger partial charge in [-0.05, 0) is 55.9 Å². The number of benzene rings is 1. The van der Waals surface area contributed by atoms with Crippen molar-refractivity contribution < 1.29 is 13.2 Å². The molecule has 1 atom stereocenters. The molecule has 7 heteroatoms. The van der Waals surface area contributed by atoms with Crippen LogP contribution in [0.1, 0.15) is 39.0 Å². The molecule has 0 spiro atoms. The first-order chi connectivity index (χ1) is 12.3. The van der Waals surface area contributed by atoms with Gasteiger partial charge in [-0.1, -0.05) is 13.3 Å². The van der Waals surface area contributed by atoms with Crippen LogP contribution in [0.2, 0.25) is 0 Å². The number of piperidine rings is 2. The fourth-order valence-electron chi connectivity index (χ4n) is 3.81. The Balaban J connectivity index is 1.64. The van der Waals surface area contributed by atoms with Crippen LogP contribution in [0.25, 0.3) is 0 Å². The van der Waals surface area contributed by atoms with Crippen molar-refractivity contribution in [3.63, 3.8) is 0 Å². The molecule has 1 unspecified atom stereocenters. The molecule has 1 aromatic carbocycles. The first-order valence-corrected chi connectivity index (χ1v) is 11.3. The highest BCUT2D eigenvalue weighted by molar-refractivity contribution is 7.88. The number of nitrogens with one attached hydrogen (secondary N) is 1. The summed E-state index contributed by atoms with van der Waals surface area (Å²) >= 11 is 0. The quantitative estimate of drug-likeness (QED) is 0.873. The molecule has 0 radical (unpaired) electrons. The summed E-state index contributed by atoms with van der Waals surface area (Å²) in [6.07, 6.45) is 5.84. The summed E-state index contributed by atoms with van der Waals surface area (Å²) in [5.41, 5.74) is 1.88. The molecule has 1 N–H and O–H groups in total. The van der Waals surface area contributed by atoms with Crippen LogP contribution < -0.4 is 10.2 Å². The van der Waals surface area contributed by atoms with Gasteiger partial charge in [0.25, 0.3) is 0 Å². The van der Waals surface area contributed by atoms with Gasteiger partial charge in [-0.25, -0.2) is 8.42 Å². The maximum absolute atomic E-state index is 12.6. The summed E-state index contributed by atoms with van der Waals surface area (Å²) in [6.45, 7) is 4.85. The highest BCUT2D eigenvalue weighted by atomic mass is 32.2. The second kappa shape index (κ2) is 7.96. The molecule has 0 saturated carbocycles. The van der Waals surface area contributed by atoms with E-state index in [0.29, 0.717) is 18.7 Å². The maximum atomic E-state index is 12.6. The Morgan fingerprint density at radius 1 is 1.04 bits per heavy atom. The van der Waals surface area contributed by atoms with Crippen LogP contribution in [0.4, 0.5) is 11.4 Å². The van der Waals surface area contributed by atoms with Crippen molar-refractivity contribution in [3.8, 4) is 0 Å². The molecule has 1 amide bonds. The van der Waals surface area contributed by atoms with Crippen molar-refractivity contribution in [2.75, 3.05) is 36.1 Å². The van der Waals surface area contributed by atoms with Crippen molar-refractivity contribution in [2.45, 2.75) is 45.1 Å². The van der Waals surface area contributed by atoms with Crippen LogP contribution in [-0.2, 0) is 14.8 Å². The number of carbonyl (C=O) groups excluding carboxylic acids is 1. The van der Waals surface area contributed by atoms with Gasteiger partial charge in [-0.15, -0.1) is 0 Å². The summed E-state index contributed by atoms with van der Waals surface area (Å²) in [4.78, 5) is 15.0. The summed E-state index contributed by atoms with van der Waals surface area (Å²) < 4.78 is 25.2. The lowest BCUT2D eigenvalue weighted by atomic mass is 9.99. The molecule has 144 valence electrons. The van der Waals surface area contributed by atoms with Gasteiger partial charge in [-0.3, -0.25) is 4.79 Å². The van der Waals surface area contributed by atoms with Crippen molar-refractivity contribution in [3.05, 3.63) is 24.3 Å². The minimum absolute atomic E-state index is 0.241. The molecule has 2 aliphatic heterocycles. The van der Waals surface area contributed by atoms with E-state index in [-0.39, 0.29) is 5.91 Å². The first-order valence-electron chi connectivity index (χ1n) is 9.47. The number of hydrogen-bond acceptors (Lipinski definition) is 4. The number of carbonyl (C=O) groups is 1. The molecule has 6 nitrogen and oxygen atoms in total. The number of amides is 1. The van der Waals surface area contributed by atoms with Gasteiger partial charge in [0.2, 0.25) is 15.9 Å². The smallest absolute Gasteiger partial charge is 0.242 e. The van der Waals surface area contributed by atoms with E-state index < -0.39 is 16.1 Å². The van der Waals surface area contributed by atoms with E-state index in [0.717, 1.165) is 31.8 Å². The lowest BCUT2D eigenvalue weighted by Crippen LogP contribution is -2.49. The van der Waals surface area contributed by atoms with Crippen LogP contribution in [-0.4, -0.2) is 50.6 Å². The second-order valence-corrected chi connectivity index (χ2v) is 9.53. The number of sulfonamides is 1. The van der Waals surface area contributed by atoms with Gasteiger partial charge >= 0.3 is 0 Å². The Hall–Kier alpha value is -1.60. The zero-order valence-electron chi connectivity index (χ0n) is 15.6. The zero-order chi connectivity index (χ0) is 18.7. The van der Waals surface area contributed by atoms with Crippen LogP contribution in [0.3, 0.4) is 0 Å². The summed E-state index contributed by atoms with van der Waals surface area (Å²) in [7, 11) is -3.37. The lowest BCUT2D eigenvalue weighted by Gasteiger charge is -2.33. The fourth-order valence-corrected chi connectivity index (χ4v) is 4.94. The van der Waals surface area contributed by atoms with Gasteiger partial charge in [-0.2, -0.15) is 4.31 Å². The lowest BCUT2D eigenvalue weighted by molar-refractivity contribution is -0.120.